The van der Waals surface area contributed by atoms with E-state index in [-0.39, 0.29) is 48.3 Å². The molecule has 1 aromatic rings. The molecule has 6 aliphatic heterocycles. The standard InChI is InChI=1S/C43H59N3O10/c1-7-22(2)39(49)54-34-18-26-15-29(21-32(34)46(26)6)53-40(50)37-36(23-11-9-8-10-12-23)38(41(51)55-33-16-24-13-27(47)19-30(33)44(24)4)43(37,3)42(52)56-35-17-25-14-28(48)20-31(35)45(25)5/h7-12,24-38,47-48H,13-21H2,1-6H3/b22-7-/t24-,25+,26+,27-,28+,29-,30+,31-,32-,33-,34+,35+,36-,37+,38-,43-/m1/s1. The highest BCUT2D eigenvalue weighted by Gasteiger charge is 2.72. The number of ether oxygens (including phenoxy) is 4. The number of carbonyl (C=O) groups is 4. The molecular weight excluding hydrogens is 718 g/mol. The SMILES string of the molecule is C/C=C(/C)C(=O)O[C@H]1C[C@@H]2C[C@@H](OC(=O)[C@@H]3[C@@H](c4ccccc4)[C@H](C(=O)O[C@@H]4C[C@H]5C[C@@H](O)C[C@@H]4N5C)[C@]3(C)C(=O)O[C@H]3C[C@@H]4C[C@H](O)C[C@H]3N4C)C[C@H]1N2C. The van der Waals surface area contributed by atoms with Crippen molar-refractivity contribution in [1.29, 1.82) is 0 Å². The highest BCUT2D eigenvalue weighted by molar-refractivity contribution is 5.96. The van der Waals surface area contributed by atoms with Gasteiger partial charge in [0.25, 0.3) is 0 Å². The summed E-state index contributed by atoms with van der Waals surface area (Å²) in [4.78, 5) is 63.6. The van der Waals surface area contributed by atoms with Gasteiger partial charge in [0.2, 0.25) is 0 Å². The molecule has 7 aliphatic rings. The van der Waals surface area contributed by atoms with E-state index in [2.05, 4.69) is 14.7 Å². The third kappa shape index (κ3) is 6.68. The van der Waals surface area contributed by atoms with E-state index in [4.69, 9.17) is 18.9 Å². The van der Waals surface area contributed by atoms with E-state index in [9.17, 15) is 29.4 Å². The average molecular weight is 778 g/mol. The molecule has 1 aliphatic carbocycles. The lowest BCUT2D eigenvalue weighted by molar-refractivity contribution is -0.210. The molecule has 16 atom stereocenters. The molecule has 13 nitrogen and oxygen atoms in total. The van der Waals surface area contributed by atoms with Gasteiger partial charge in [0.05, 0.1) is 35.5 Å². The molecule has 0 spiro atoms. The molecule has 1 aromatic carbocycles. The Morgan fingerprint density at radius 3 is 1.70 bits per heavy atom. The molecule has 0 radical (unpaired) electrons. The average Bonchev–Trinajstić information content (AvgIpc) is 3.50. The summed E-state index contributed by atoms with van der Waals surface area (Å²) in [5.41, 5.74) is -0.347. The molecule has 0 aromatic heterocycles. The molecule has 56 heavy (non-hydrogen) atoms. The largest absolute Gasteiger partial charge is 0.462 e. The van der Waals surface area contributed by atoms with Gasteiger partial charge in [0, 0.05) is 73.8 Å². The van der Waals surface area contributed by atoms with Crippen LogP contribution in [-0.4, -0.2) is 143 Å². The summed E-state index contributed by atoms with van der Waals surface area (Å²) in [6.07, 6.45) is 3.94. The number of nitrogens with zero attached hydrogens (tertiary/aromatic N) is 3. The fourth-order valence-electron chi connectivity index (χ4n) is 11.8. The molecule has 6 bridgehead atoms. The van der Waals surface area contributed by atoms with Gasteiger partial charge < -0.3 is 29.2 Å². The van der Waals surface area contributed by atoms with Crippen molar-refractivity contribution in [2.24, 2.45) is 17.3 Å². The normalized spacial score (nSPS) is 43.5. The van der Waals surface area contributed by atoms with Gasteiger partial charge in [-0.3, -0.25) is 29.1 Å². The lowest BCUT2D eigenvalue weighted by atomic mass is 9.45. The number of allylic oxidation sites excluding steroid dienone is 1. The number of rotatable bonds is 9. The van der Waals surface area contributed by atoms with E-state index < -0.39 is 71.6 Å². The number of benzene rings is 1. The van der Waals surface area contributed by atoms with Crippen molar-refractivity contribution in [3.63, 3.8) is 0 Å². The van der Waals surface area contributed by atoms with Crippen molar-refractivity contribution < 1.29 is 48.3 Å². The Morgan fingerprint density at radius 1 is 0.661 bits per heavy atom. The van der Waals surface area contributed by atoms with Crippen LogP contribution in [0.1, 0.15) is 90.0 Å². The molecule has 7 fully saturated rings. The summed E-state index contributed by atoms with van der Waals surface area (Å²) < 4.78 is 25.1. The summed E-state index contributed by atoms with van der Waals surface area (Å²) in [6.45, 7) is 5.19. The second-order valence-electron chi connectivity index (χ2n) is 18.2. The highest BCUT2D eigenvalue weighted by atomic mass is 16.6. The topological polar surface area (TPSA) is 155 Å². The molecule has 6 saturated heterocycles. The van der Waals surface area contributed by atoms with Crippen LogP contribution in [0.25, 0.3) is 0 Å². The first-order valence-corrected chi connectivity index (χ1v) is 20.7. The highest BCUT2D eigenvalue weighted by Crippen LogP contribution is 2.63. The summed E-state index contributed by atoms with van der Waals surface area (Å²) >= 11 is 0. The van der Waals surface area contributed by atoms with Crippen LogP contribution in [0.5, 0.6) is 0 Å². The number of piperidine rings is 3. The summed E-state index contributed by atoms with van der Waals surface area (Å²) in [5, 5.41) is 21.1. The van der Waals surface area contributed by atoms with Crippen molar-refractivity contribution in [2.45, 2.75) is 157 Å². The first kappa shape index (κ1) is 39.5. The zero-order valence-electron chi connectivity index (χ0n) is 33.5. The van der Waals surface area contributed by atoms with Gasteiger partial charge in [0.15, 0.2) is 0 Å². The second-order valence-corrected chi connectivity index (χ2v) is 18.2. The third-order valence-corrected chi connectivity index (χ3v) is 15.2. The quantitative estimate of drug-likeness (QED) is 0.215. The zero-order valence-corrected chi connectivity index (χ0v) is 33.5. The van der Waals surface area contributed by atoms with E-state index in [1.54, 1.807) is 26.8 Å². The Kier molecular flexibility index (Phi) is 10.6. The number of esters is 4. The Labute approximate surface area is 329 Å². The van der Waals surface area contributed by atoms with Crippen molar-refractivity contribution in [1.82, 2.24) is 14.7 Å². The van der Waals surface area contributed by atoms with Crippen LogP contribution in [0.4, 0.5) is 0 Å². The minimum atomic E-state index is -1.62. The Balaban J connectivity index is 1.08. The Bertz CT molecular complexity index is 1720. The van der Waals surface area contributed by atoms with Crippen molar-refractivity contribution in [3.8, 4) is 0 Å². The predicted molar refractivity (Wildman–Crippen MR) is 203 cm³/mol. The molecule has 0 unspecified atom stereocenters. The number of aliphatic hydroxyl groups excluding tert-OH is 2. The lowest BCUT2D eigenvalue weighted by Gasteiger charge is -2.55. The molecule has 1 saturated carbocycles. The lowest BCUT2D eigenvalue weighted by Crippen LogP contribution is -2.65. The van der Waals surface area contributed by atoms with Crippen LogP contribution < -0.4 is 0 Å². The van der Waals surface area contributed by atoms with Gasteiger partial charge in [-0.15, -0.1) is 0 Å². The van der Waals surface area contributed by atoms with Crippen LogP contribution in [0.2, 0.25) is 0 Å². The van der Waals surface area contributed by atoms with Gasteiger partial charge in [0.1, 0.15) is 24.4 Å². The van der Waals surface area contributed by atoms with Gasteiger partial charge in [-0.05, 0) is 73.2 Å². The molecule has 306 valence electrons. The molecule has 6 heterocycles. The number of hydrogen-bond donors (Lipinski definition) is 2. The number of aliphatic hydroxyl groups is 2. The van der Waals surface area contributed by atoms with Crippen molar-refractivity contribution in [3.05, 3.63) is 47.5 Å². The van der Waals surface area contributed by atoms with Gasteiger partial charge in [-0.1, -0.05) is 36.4 Å². The Hall–Kier alpha value is -3.36. The van der Waals surface area contributed by atoms with Crippen molar-refractivity contribution >= 4 is 23.9 Å². The maximum absolute atomic E-state index is 14.9. The van der Waals surface area contributed by atoms with Gasteiger partial charge in [-0.2, -0.15) is 0 Å². The fourth-order valence-corrected chi connectivity index (χ4v) is 11.8. The molecule has 13 heteroatoms. The summed E-state index contributed by atoms with van der Waals surface area (Å²) in [5.74, 6) is -4.91. The van der Waals surface area contributed by atoms with E-state index in [0.29, 0.717) is 63.4 Å². The smallest absolute Gasteiger partial charge is 0.333 e. The Morgan fingerprint density at radius 2 is 1.14 bits per heavy atom. The molecule has 0 amide bonds. The fraction of sp³-hybridized carbons (Fsp3) is 0.721. The predicted octanol–water partition coefficient (Wildman–Crippen LogP) is 2.96. The van der Waals surface area contributed by atoms with Crippen molar-refractivity contribution in [2.75, 3.05) is 21.1 Å². The first-order chi connectivity index (χ1) is 26.7. The summed E-state index contributed by atoms with van der Waals surface area (Å²) in [6, 6.07) is 9.06. The first-order valence-electron chi connectivity index (χ1n) is 20.7. The second kappa shape index (κ2) is 15.1. The van der Waals surface area contributed by atoms with Crippen LogP contribution in [0.15, 0.2) is 42.0 Å². The monoisotopic (exact) mass is 777 g/mol. The maximum atomic E-state index is 14.9. The summed E-state index contributed by atoms with van der Waals surface area (Å²) in [7, 11) is 5.99. The molecule has 8 rings (SSSR count). The van der Waals surface area contributed by atoms with E-state index >= 15 is 0 Å². The minimum Gasteiger partial charge on any atom is -0.462 e. The van der Waals surface area contributed by atoms with Gasteiger partial charge >= 0.3 is 23.9 Å². The third-order valence-electron chi connectivity index (χ3n) is 15.2. The zero-order chi connectivity index (χ0) is 39.8. The van der Waals surface area contributed by atoms with Crippen LogP contribution in [0, 0.1) is 17.3 Å². The number of likely N-dealkylation sites (N-methyl/N-ethyl adjacent to an activating group) is 3. The van der Waals surface area contributed by atoms with Crippen LogP contribution >= 0.6 is 0 Å². The number of fused-ring (bicyclic) bond motifs is 6. The van der Waals surface area contributed by atoms with E-state index in [0.717, 1.165) is 5.56 Å². The van der Waals surface area contributed by atoms with Gasteiger partial charge in [-0.25, -0.2) is 4.79 Å². The molecule has 2 N–H and O–H groups in total. The van der Waals surface area contributed by atoms with Crippen LogP contribution in [0.3, 0.4) is 0 Å². The number of carbonyl (C=O) groups excluding carboxylic acids is 4. The maximum Gasteiger partial charge on any atom is 0.333 e. The molecular formula is C43H59N3O10. The van der Waals surface area contributed by atoms with E-state index in [1.165, 1.54) is 0 Å². The van der Waals surface area contributed by atoms with Crippen LogP contribution in [-0.2, 0) is 38.1 Å². The minimum absolute atomic E-state index is 0.0391. The number of hydrogen-bond acceptors (Lipinski definition) is 13. The van der Waals surface area contributed by atoms with E-state index in [1.807, 2.05) is 51.5 Å².